The fourth-order valence-corrected chi connectivity index (χ4v) is 3.17. The van der Waals surface area contributed by atoms with Crippen LogP contribution in [0.2, 0.25) is 0 Å². The Hall–Kier alpha value is -1.08. The molecule has 0 amide bonds. The van der Waals surface area contributed by atoms with Crippen LogP contribution in [0.1, 0.15) is 69.4 Å². The average Bonchev–Trinajstić information content (AvgIpc) is 2.99. The van der Waals surface area contributed by atoms with Gasteiger partial charge in [0.05, 0.1) is 19.8 Å². The van der Waals surface area contributed by atoms with Crippen LogP contribution in [0.5, 0.6) is 5.75 Å². The second-order valence-electron chi connectivity index (χ2n) is 6.39. The highest BCUT2D eigenvalue weighted by atomic mass is 16.7. The fourth-order valence-electron chi connectivity index (χ4n) is 3.17. The Balaban J connectivity index is 2.78. The van der Waals surface area contributed by atoms with E-state index in [0.29, 0.717) is 36.6 Å². The highest BCUT2D eigenvalue weighted by Crippen LogP contribution is 2.37. The van der Waals surface area contributed by atoms with Crippen LogP contribution in [0.3, 0.4) is 0 Å². The quantitative estimate of drug-likeness (QED) is 0.785. The molecule has 1 aromatic rings. The lowest BCUT2D eigenvalue weighted by molar-refractivity contribution is -0.0444. The maximum Gasteiger partial charge on any atom is 0.492 e. The molecule has 0 saturated carbocycles. The van der Waals surface area contributed by atoms with Crippen LogP contribution in [0.25, 0.3) is 0 Å². The van der Waals surface area contributed by atoms with Crippen molar-refractivity contribution in [1.29, 1.82) is 0 Å². The summed E-state index contributed by atoms with van der Waals surface area (Å²) in [5.74, 6) is 0.963. The maximum absolute atomic E-state index is 9.97. The molecule has 0 aromatic heterocycles. The predicted molar refractivity (Wildman–Crippen MR) is 90.3 cm³/mol. The summed E-state index contributed by atoms with van der Waals surface area (Å²) in [5, 5.41) is 19.9. The van der Waals surface area contributed by atoms with Crippen LogP contribution < -0.4 is 10.2 Å². The summed E-state index contributed by atoms with van der Waals surface area (Å²) >= 11 is 0. The summed E-state index contributed by atoms with van der Waals surface area (Å²) in [6.07, 6.45) is -0.581. The van der Waals surface area contributed by atoms with Gasteiger partial charge in [0.2, 0.25) is 0 Å². The molecule has 5 nitrogen and oxygen atoms in total. The Kier molecular flexibility index (Phi) is 6.09. The van der Waals surface area contributed by atoms with Gasteiger partial charge in [-0.25, -0.2) is 0 Å². The Bertz CT molecular complexity index is 536. The average molecular weight is 322 g/mol. The molecule has 23 heavy (non-hydrogen) atoms. The van der Waals surface area contributed by atoms with Crippen molar-refractivity contribution in [2.45, 2.75) is 52.7 Å². The fraction of sp³-hybridized carbons (Fsp3) is 0.647. The molecule has 6 heteroatoms. The summed E-state index contributed by atoms with van der Waals surface area (Å²) in [7, 11) is -1.64. The standard InChI is InChI=1S/C17H27BO5/c1-6-21-13-9-12(10(2)3)14(11(4)5)15(16(13)18(19)20)17-22-7-8-23-17/h9-11,17,19-20H,6-8H2,1-5H3. The molecule has 1 saturated heterocycles. The molecule has 1 aliphatic rings. The number of rotatable bonds is 6. The van der Waals surface area contributed by atoms with Gasteiger partial charge in [-0.15, -0.1) is 0 Å². The third-order valence-electron chi connectivity index (χ3n) is 4.06. The van der Waals surface area contributed by atoms with Gasteiger partial charge in [0, 0.05) is 11.0 Å². The Morgan fingerprint density at radius 2 is 1.78 bits per heavy atom. The van der Waals surface area contributed by atoms with Crippen molar-refractivity contribution in [2.75, 3.05) is 19.8 Å². The van der Waals surface area contributed by atoms with E-state index in [2.05, 4.69) is 27.7 Å². The molecule has 0 atom stereocenters. The van der Waals surface area contributed by atoms with E-state index in [9.17, 15) is 10.0 Å². The summed E-state index contributed by atoms with van der Waals surface area (Å²) in [5.41, 5.74) is 3.24. The largest absolute Gasteiger partial charge is 0.494 e. The van der Waals surface area contributed by atoms with Crippen molar-refractivity contribution in [3.05, 3.63) is 22.8 Å². The van der Waals surface area contributed by atoms with E-state index in [-0.39, 0.29) is 11.8 Å². The first-order valence-corrected chi connectivity index (χ1v) is 8.31. The van der Waals surface area contributed by atoms with E-state index in [1.165, 1.54) is 0 Å². The normalized spacial score (nSPS) is 15.7. The minimum Gasteiger partial charge on any atom is -0.494 e. The SMILES string of the molecule is CCOc1cc(C(C)C)c(C(C)C)c(C2OCCO2)c1B(O)O. The smallest absolute Gasteiger partial charge is 0.492 e. The zero-order chi connectivity index (χ0) is 17.1. The Labute approximate surface area is 138 Å². The van der Waals surface area contributed by atoms with Crippen LogP contribution in [0, 0.1) is 0 Å². The van der Waals surface area contributed by atoms with Crippen molar-refractivity contribution >= 4 is 12.6 Å². The predicted octanol–water partition coefficient (Wildman–Crippen LogP) is 2.06. The number of hydrogen-bond donors (Lipinski definition) is 2. The zero-order valence-electron chi connectivity index (χ0n) is 14.6. The lowest BCUT2D eigenvalue weighted by atomic mass is 9.71. The monoisotopic (exact) mass is 322 g/mol. The van der Waals surface area contributed by atoms with Crippen molar-refractivity contribution in [2.24, 2.45) is 0 Å². The van der Waals surface area contributed by atoms with Gasteiger partial charge in [-0.05, 0) is 36.0 Å². The van der Waals surface area contributed by atoms with Crippen molar-refractivity contribution < 1.29 is 24.3 Å². The van der Waals surface area contributed by atoms with Crippen molar-refractivity contribution in [3.8, 4) is 5.75 Å². The van der Waals surface area contributed by atoms with Gasteiger partial charge < -0.3 is 24.3 Å². The molecule has 0 bridgehead atoms. The van der Waals surface area contributed by atoms with Gasteiger partial charge in [0.15, 0.2) is 6.29 Å². The lowest BCUT2D eigenvalue weighted by Crippen LogP contribution is -2.37. The van der Waals surface area contributed by atoms with Gasteiger partial charge in [-0.3, -0.25) is 0 Å². The van der Waals surface area contributed by atoms with Gasteiger partial charge in [0.25, 0.3) is 0 Å². The number of ether oxygens (including phenoxy) is 3. The van der Waals surface area contributed by atoms with Crippen LogP contribution in [0.4, 0.5) is 0 Å². The first kappa shape index (κ1) is 18.3. The molecule has 2 N–H and O–H groups in total. The van der Waals surface area contributed by atoms with Crippen LogP contribution in [-0.2, 0) is 9.47 Å². The third kappa shape index (κ3) is 3.71. The third-order valence-corrected chi connectivity index (χ3v) is 4.06. The van der Waals surface area contributed by atoms with Gasteiger partial charge in [-0.1, -0.05) is 27.7 Å². The van der Waals surface area contributed by atoms with E-state index in [0.717, 1.165) is 11.1 Å². The van der Waals surface area contributed by atoms with Gasteiger partial charge in [-0.2, -0.15) is 0 Å². The Morgan fingerprint density at radius 3 is 2.22 bits per heavy atom. The minimum absolute atomic E-state index is 0.198. The van der Waals surface area contributed by atoms with E-state index in [1.54, 1.807) is 0 Å². The molecule has 1 aromatic carbocycles. The topological polar surface area (TPSA) is 68.2 Å². The molecule has 2 rings (SSSR count). The molecule has 128 valence electrons. The molecule has 1 aliphatic heterocycles. The van der Waals surface area contributed by atoms with E-state index < -0.39 is 13.4 Å². The number of hydrogen-bond acceptors (Lipinski definition) is 5. The van der Waals surface area contributed by atoms with Crippen molar-refractivity contribution in [1.82, 2.24) is 0 Å². The summed E-state index contributed by atoms with van der Waals surface area (Å²) < 4.78 is 17.1. The van der Waals surface area contributed by atoms with Crippen LogP contribution in [0.15, 0.2) is 6.07 Å². The maximum atomic E-state index is 9.97. The molecule has 1 fully saturated rings. The zero-order valence-corrected chi connectivity index (χ0v) is 14.6. The second kappa shape index (κ2) is 7.66. The molecule has 0 aliphatic carbocycles. The van der Waals surface area contributed by atoms with E-state index in [1.807, 2.05) is 13.0 Å². The van der Waals surface area contributed by atoms with E-state index in [4.69, 9.17) is 14.2 Å². The van der Waals surface area contributed by atoms with Gasteiger partial charge >= 0.3 is 7.12 Å². The first-order valence-electron chi connectivity index (χ1n) is 8.31. The van der Waals surface area contributed by atoms with E-state index >= 15 is 0 Å². The van der Waals surface area contributed by atoms with Crippen LogP contribution >= 0.6 is 0 Å². The molecule has 0 spiro atoms. The van der Waals surface area contributed by atoms with Gasteiger partial charge in [0.1, 0.15) is 5.75 Å². The molecular formula is C17H27BO5. The lowest BCUT2D eigenvalue weighted by Gasteiger charge is -2.27. The summed E-state index contributed by atoms with van der Waals surface area (Å²) in [6.45, 7) is 11.7. The molecule has 0 unspecified atom stereocenters. The number of benzene rings is 1. The highest BCUT2D eigenvalue weighted by Gasteiger charge is 2.34. The molecule has 1 heterocycles. The molecular weight excluding hydrogens is 295 g/mol. The van der Waals surface area contributed by atoms with Crippen LogP contribution in [-0.4, -0.2) is 37.0 Å². The summed E-state index contributed by atoms with van der Waals surface area (Å²) in [4.78, 5) is 0. The minimum atomic E-state index is -1.64. The second-order valence-corrected chi connectivity index (χ2v) is 6.39. The highest BCUT2D eigenvalue weighted by molar-refractivity contribution is 6.60. The first-order chi connectivity index (χ1) is 10.9. The summed E-state index contributed by atoms with van der Waals surface area (Å²) in [6, 6.07) is 1.93. The molecule has 0 radical (unpaired) electrons. The Morgan fingerprint density at radius 1 is 1.17 bits per heavy atom. The van der Waals surface area contributed by atoms with Crippen molar-refractivity contribution in [3.63, 3.8) is 0 Å².